The number of hydrogen-bond donors (Lipinski definition) is 2. The fourth-order valence-electron chi connectivity index (χ4n) is 7.07. The van der Waals surface area contributed by atoms with Gasteiger partial charge in [0.2, 0.25) is 0 Å². The molecule has 4 aromatic rings. The molecule has 4 aromatic carbocycles. The van der Waals surface area contributed by atoms with Crippen molar-refractivity contribution in [1.82, 2.24) is 0 Å². The Morgan fingerprint density at radius 3 is 1.31 bits per heavy atom. The van der Waals surface area contributed by atoms with Crippen molar-refractivity contribution in [2.75, 3.05) is 55.4 Å². The Bertz CT molecular complexity index is 1910. The molecule has 0 amide bonds. The summed E-state index contributed by atoms with van der Waals surface area (Å²) in [6.45, 7) is 15.8. The third-order valence-corrected chi connectivity index (χ3v) is 10.3. The fourth-order valence-corrected chi connectivity index (χ4v) is 7.07. The number of aliphatic hydroxyl groups is 2. The summed E-state index contributed by atoms with van der Waals surface area (Å²) in [7, 11) is 8.22. The van der Waals surface area contributed by atoms with Gasteiger partial charge in [-0.25, -0.2) is 0 Å². The molecule has 59 heavy (non-hydrogen) atoms. The third kappa shape index (κ3) is 12.4. The molecule has 0 spiro atoms. The number of methoxy groups -OCH3 is 5. The van der Waals surface area contributed by atoms with Gasteiger partial charge in [0.25, 0.3) is 0 Å². The van der Waals surface area contributed by atoms with Crippen LogP contribution in [0.15, 0.2) is 86.0 Å². The second-order valence-corrected chi connectivity index (χ2v) is 15.1. The van der Waals surface area contributed by atoms with Crippen LogP contribution in [0.1, 0.15) is 71.7 Å². The molecule has 10 heteroatoms. The number of ether oxygens (including phenoxy) is 8. The number of aliphatic hydroxyl groups excluding tert-OH is 2. The van der Waals surface area contributed by atoms with Crippen molar-refractivity contribution < 1.29 is 48.1 Å². The zero-order valence-electron chi connectivity index (χ0n) is 36.2. The van der Waals surface area contributed by atoms with E-state index < -0.39 is 12.2 Å². The SMILES string of the molecule is C=CCc1cc(C(C)(C)c2ccc(OCC(O)COc3c(COC)cc(-c4cc(COC)c(OC)c(COC)c4)cc3COC)c(CC=C)c2)ccc1OCC(O)CC. The molecule has 0 aliphatic heterocycles. The molecule has 2 atom stereocenters. The third-order valence-electron chi connectivity index (χ3n) is 10.3. The molecule has 320 valence electrons. The highest BCUT2D eigenvalue weighted by atomic mass is 16.5. The van der Waals surface area contributed by atoms with Gasteiger partial charge in [0.1, 0.15) is 48.9 Å². The van der Waals surface area contributed by atoms with E-state index in [0.717, 1.165) is 67.1 Å². The van der Waals surface area contributed by atoms with Crippen molar-refractivity contribution in [2.24, 2.45) is 0 Å². The standard InChI is InChI=1S/C49H64O10/c1-11-14-33-24-41(16-18-45(33)57-30-43(50)13-3)49(4,5)42-17-19-46(34(25-42)15-12-2)58-31-44(51)32-59-48-39(28-54-8)22-36(23-40(48)29-55-9)35-20-37(26-52-6)47(56-10)38(21-35)27-53-7/h11-12,16-25,43-44,50-51H,1-2,13-15,26-32H2,3-10H3. The summed E-state index contributed by atoms with van der Waals surface area (Å²) in [5.41, 5.74) is 9.14. The Morgan fingerprint density at radius 2 is 0.932 bits per heavy atom. The first-order valence-corrected chi connectivity index (χ1v) is 20.0. The van der Waals surface area contributed by atoms with E-state index in [0.29, 0.717) is 44.0 Å². The Kier molecular flexibility index (Phi) is 18.5. The maximum Gasteiger partial charge on any atom is 0.130 e. The minimum absolute atomic E-state index is 0.0136. The van der Waals surface area contributed by atoms with Crippen LogP contribution in [0, 0.1) is 0 Å². The molecule has 0 aliphatic rings. The van der Waals surface area contributed by atoms with Crippen molar-refractivity contribution in [3.63, 3.8) is 0 Å². The first-order chi connectivity index (χ1) is 28.5. The lowest BCUT2D eigenvalue weighted by molar-refractivity contribution is 0.0598. The summed E-state index contributed by atoms with van der Waals surface area (Å²) < 4.78 is 46.5. The van der Waals surface area contributed by atoms with Crippen LogP contribution in [0.4, 0.5) is 0 Å². The van der Waals surface area contributed by atoms with E-state index in [2.05, 4.69) is 63.4 Å². The van der Waals surface area contributed by atoms with Crippen molar-refractivity contribution in [3.8, 4) is 34.1 Å². The van der Waals surface area contributed by atoms with Crippen LogP contribution >= 0.6 is 0 Å². The molecule has 2 unspecified atom stereocenters. The van der Waals surface area contributed by atoms with Gasteiger partial charge in [-0.1, -0.05) is 57.2 Å². The van der Waals surface area contributed by atoms with Gasteiger partial charge in [0.15, 0.2) is 0 Å². The summed E-state index contributed by atoms with van der Waals surface area (Å²) in [6.07, 6.45) is 4.11. The Morgan fingerprint density at radius 1 is 0.542 bits per heavy atom. The Labute approximate surface area is 351 Å². The molecule has 2 N–H and O–H groups in total. The molecule has 0 saturated heterocycles. The summed E-state index contributed by atoms with van der Waals surface area (Å²) >= 11 is 0. The highest BCUT2D eigenvalue weighted by Gasteiger charge is 2.26. The molecule has 0 bridgehead atoms. The van der Waals surface area contributed by atoms with E-state index in [1.165, 1.54) is 0 Å². The first kappa shape index (κ1) is 47.0. The van der Waals surface area contributed by atoms with Gasteiger partial charge in [-0.15, -0.1) is 13.2 Å². The maximum atomic E-state index is 11.2. The number of allylic oxidation sites excluding steroid dienone is 2. The molecular formula is C49H64O10. The fraction of sp³-hybridized carbons (Fsp3) is 0.429. The van der Waals surface area contributed by atoms with Crippen LogP contribution < -0.4 is 18.9 Å². The topological polar surface area (TPSA) is 114 Å². The highest BCUT2D eigenvalue weighted by Crippen LogP contribution is 2.38. The molecule has 0 fully saturated rings. The van der Waals surface area contributed by atoms with Crippen LogP contribution in [0.3, 0.4) is 0 Å². The molecular weight excluding hydrogens is 749 g/mol. The van der Waals surface area contributed by atoms with Gasteiger partial charge in [-0.2, -0.15) is 0 Å². The van der Waals surface area contributed by atoms with Crippen LogP contribution in [-0.4, -0.2) is 77.8 Å². The average molecular weight is 813 g/mol. The summed E-state index contributed by atoms with van der Waals surface area (Å²) in [4.78, 5) is 0. The predicted molar refractivity (Wildman–Crippen MR) is 233 cm³/mol. The smallest absolute Gasteiger partial charge is 0.130 e. The van der Waals surface area contributed by atoms with Crippen molar-refractivity contribution in [3.05, 3.63) is 130 Å². The molecule has 10 nitrogen and oxygen atoms in total. The lowest BCUT2D eigenvalue weighted by atomic mass is 9.76. The van der Waals surface area contributed by atoms with Gasteiger partial charge < -0.3 is 48.1 Å². The molecule has 0 saturated carbocycles. The lowest BCUT2D eigenvalue weighted by Crippen LogP contribution is -2.26. The summed E-state index contributed by atoms with van der Waals surface area (Å²) in [6, 6.07) is 20.5. The quantitative estimate of drug-likeness (QED) is 0.0597. The first-order valence-electron chi connectivity index (χ1n) is 20.0. The van der Waals surface area contributed by atoms with E-state index >= 15 is 0 Å². The minimum Gasteiger partial charge on any atom is -0.496 e. The van der Waals surface area contributed by atoms with Gasteiger partial charge in [0, 0.05) is 56.1 Å². The van der Waals surface area contributed by atoms with Crippen LogP contribution in [-0.2, 0) is 63.6 Å². The van der Waals surface area contributed by atoms with E-state index in [1.54, 1.807) is 35.5 Å². The van der Waals surface area contributed by atoms with Crippen molar-refractivity contribution in [1.29, 1.82) is 0 Å². The highest BCUT2D eigenvalue weighted by molar-refractivity contribution is 5.71. The second kappa shape index (κ2) is 23.2. The van der Waals surface area contributed by atoms with Crippen LogP contribution in [0.2, 0.25) is 0 Å². The van der Waals surface area contributed by atoms with Crippen LogP contribution in [0.5, 0.6) is 23.0 Å². The largest absolute Gasteiger partial charge is 0.496 e. The summed E-state index contributed by atoms with van der Waals surface area (Å²) in [5, 5.41) is 21.2. The molecule has 0 aromatic heterocycles. The predicted octanol–water partition coefficient (Wildman–Crippen LogP) is 8.70. The monoisotopic (exact) mass is 812 g/mol. The van der Waals surface area contributed by atoms with E-state index in [1.807, 2.05) is 43.3 Å². The van der Waals surface area contributed by atoms with Gasteiger partial charge >= 0.3 is 0 Å². The van der Waals surface area contributed by atoms with Crippen molar-refractivity contribution >= 4 is 0 Å². The minimum atomic E-state index is -0.939. The van der Waals surface area contributed by atoms with E-state index in [4.69, 9.17) is 37.9 Å². The Hall–Kier alpha value is -4.68. The van der Waals surface area contributed by atoms with Gasteiger partial charge in [-0.05, 0) is 89.0 Å². The van der Waals surface area contributed by atoms with Crippen molar-refractivity contribution in [2.45, 2.75) is 84.1 Å². The number of benzene rings is 4. The molecule has 0 heterocycles. The summed E-state index contributed by atoms with van der Waals surface area (Å²) in [5.74, 6) is 2.74. The number of hydrogen-bond acceptors (Lipinski definition) is 10. The van der Waals surface area contributed by atoms with Gasteiger partial charge in [-0.3, -0.25) is 0 Å². The van der Waals surface area contributed by atoms with Gasteiger partial charge in [0.05, 0.1) is 39.6 Å². The molecule has 0 radical (unpaired) electrons. The molecule has 4 rings (SSSR count). The van der Waals surface area contributed by atoms with E-state index in [9.17, 15) is 10.2 Å². The number of rotatable bonds is 26. The zero-order valence-corrected chi connectivity index (χ0v) is 36.2. The lowest BCUT2D eigenvalue weighted by Gasteiger charge is -2.28. The van der Waals surface area contributed by atoms with Crippen LogP contribution in [0.25, 0.3) is 11.1 Å². The molecule has 0 aliphatic carbocycles. The Balaban J connectivity index is 1.54. The normalized spacial score (nSPS) is 12.5. The maximum absolute atomic E-state index is 11.2. The average Bonchev–Trinajstić information content (AvgIpc) is 3.22. The van der Waals surface area contributed by atoms with E-state index in [-0.39, 0.29) is 38.4 Å². The second-order valence-electron chi connectivity index (χ2n) is 15.1. The zero-order chi connectivity index (χ0) is 43.0.